The molecule has 3 nitrogen and oxygen atoms in total. The van der Waals surface area contributed by atoms with E-state index in [1.807, 2.05) is 20.8 Å². The molecule has 0 bridgehead atoms. The van der Waals surface area contributed by atoms with Gasteiger partial charge >= 0.3 is 0 Å². The van der Waals surface area contributed by atoms with E-state index in [0.717, 1.165) is 13.1 Å². The van der Waals surface area contributed by atoms with Gasteiger partial charge in [-0.3, -0.25) is 9.69 Å². The highest BCUT2D eigenvalue weighted by Crippen LogP contribution is 2.27. The van der Waals surface area contributed by atoms with Gasteiger partial charge in [-0.15, -0.1) is 0 Å². The maximum Gasteiger partial charge on any atom is 0.228 e. The highest BCUT2D eigenvalue weighted by molar-refractivity contribution is 5.82. The lowest BCUT2D eigenvalue weighted by molar-refractivity contribution is -0.147. The van der Waals surface area contributed by atoms with Gasteiger partial charge in [0.15, 0.2) is 0 Å². The van der Waals surface area contributed by atoms with E-state index in [1.165, 1.54) is 0 Å². The Morgan fingerprint density at radius 3 is 1.83 bits per heavy atom. The molecule has 1 aliphatic heterocycles. The van der Waals surface area contributed by atoms with Crippen LogP contribution in [-0.4, -0.2) is 46.4 Å². The zero-order valence-corrected chi connectivity index (χ0v) is 13.4. The summed E-state index contributed by atoms with van der Waals surface area (Å²) in [7, 11) is 0. The highest BCUT2D eigenvalue weighted by atomic mass is 16.2. The third-order valence-corrected chi connectivity index (χ3v) is 3.75. The lowest BCUT2D eigenvalue weighted by Crippen LogP contribution is -2.63. The van der Waals surface area contributed by atoms with Gasteiger partial charge < -0.3 is 4.90 Å². The van der Waals surface area contributed by atoms with E-state index in [9.17, 15) is 4.79 Å². The molecule has 3 heteroatoms. The fourth-order valence-corrected chi connectivity index (χ4v) is 2.78. The van der Waals surface area contributed by atoms with Crippen molar-refractivity contribution in [2.45, 2.75) is 73.0 Å². The van der Waals surface area contributed by atoms with E-state index < -0.39 is 0 Å². The Labute approximate surface area is 113 Å². The van der Waals surface area contributed by atoms with Crippen LogP contribution in [0, 0.1) is 5.41 Å². The van der Waals surface area contributed by atoms with Gasteiger partial charge in [-0.2, -0.15) is 0 Å². The van der Waals surface area contributed by atoms with Crippen LogP contribution < -0.4 is 0 Å². The Bertz CT molecular complexity index is 311. The molecule has 0 aliphatic carbocycles. The number of carbonyl (C=O) groups excluding carboxylic acids is 1. The maximum atomic E-state index is 12.4. The summed E-state index contributed by atoms with van der Waals surface area (Å²) in [5.41, 5.74) is -0.109. The van der Waals surface area contributed by atoms with Crippen molar-refractivity contribution in [3.05, 3.63) is 0 Å². The van der Waals surface area contributed by atoms with E-state index in [1.54, 1.807) is 0 Å². The predicted octanol–water partition coefficient (Wildman–Crippen LogP) is 2.75. The van der Waals surface area contributed by atoms with Crippen molar-refractivity contribution in [3.63, 3.8) is 0 Å². The number of hydrogen-bond acceptors (Lipinski definition) is 2. The summed E-state index contributed by atoms with van der Waals surface area (Å²) in [5.74, 6) is 0.274. The molecule has 0 spiro atoms. The van der Waals surface area contributed by atoms with Gasteiger partial charge in [-0.25, -0.2) is 0 Å². The van der Waals surface area contributed by atoms with Crippen LogP contribution in [0.3, 0.4) is 0 Å². The topological polar surface area (TPSA) is 23.6 Å². The standard InChI is InChI=1S/C15H30N2O/c1-11-10-17(15(6,7)8)12(2)9-16(11)13(18)14(3,4)5/h11-12H,9-10H2,1-8H3/t11-,12-/m0/s1. The minimum atomic E-state index is -0.280. The zero-order valence-electron chi connectivity index (χ0n) is 13.4. The van der Waals surface area contributed by atoms with Gasteiger partial charge in [0.1, 0.15) is 0 Å². The molecule has 1 amide bonds. The van der Waals surface area contributed by atoms with Crippen molar-refractivity contribution >= 4 is 5.91 Å². The third kappa shape index (κ3) is 3.25. The molecule has 0 saturated carbocycles. The summed E-state index contributed by atoms with van der Waals surface area (Å²) in [4.78, 5) is 17.0. The minimum Gasteiger partial charge on any atom is -0.337 e. The molecule has 1 fully saturated rings. The second-order valence-electron chi connectivity index (χ2n) is 7.73. The molecule has 18 heavy (non-hydrogen) atoms. The quantitative estimate of drug-likeness (QED) is 0.663. The lowest BCUT2D eigenvalue weighted by atomic mass is 9.91. The molecule has 0 aromatic rings. The van der Waals surface area contributed by atoms with E-state index in [0.29, 0.717) is 12.1 Å². The summed E-state index contributed by atoms with van der Waals surface area (Å²) in [5, 5.41) is 0. The maximum absolute atomic E-state index is 12.4. The molecule has 1 saturated heterocycles. The van der Waals surface area contributed by atoms with E-state index in [-0.39, 0.29) is 16.9 Å². The predicted molar refractivity (Wildman–Crippen MR) is 76.6 cm³/mol. The minimum absolute atomic E-state index is 0.171. The third-order valence-electron chi connectivity index (χ3n) is 3.75. The Balaban J connectivity index is 2.84. The Kier molecular flexibility index (Phi) is 4.16. The van der Waals surface area contributed by atoms with Crippen molar-refractivity contribution in [1.82, 2.24) is 9.80 Å². The largest absolute Gasteiger partial charge is 0.337 e. The lowest BCUT2D eigenvalue weighted by Gasteiger charge is -2.50. The van der Waals surface area contributed by atoms with Crippen LogP contribution in [0.5, 0.6) is 0 Å². The average Bonchev–Trinajstić information content (AvgIpc) is 2.16. The molecule has 0 unspecified atom stereocenters. The first-order valence-corrected chi connectivity index (χ1v) is 7.02. The molecular formula is C15H30N2O. The molecule has 106 valence electrons. The van der Waals surface area contributed by atoms with Crippen LogP contribution in [-0.2, 0) is 4.79 Å². The summed E-state index contributed by atoms with van der Waals surface area (Å²) in [6.45, 7) is 18.9. The van der Waals surface area contributed by atoms with Crippen LogP contribution in [0.15, 0.2) is 0 Å². The van der Waals surface area contributed by atoms with Crippen molar-refractivity contribution in [1.29, 1.82) is 0 Å². The fraction of sp³-hybridized carbons (Fsp3) is 0.933. The number of amides is 1. The van der Waals surface area contributed by atoms with Crippen LogP contribution in [0.2, 0.25) is 0 Å². The van der Waals surface area contributed by atoms with E-state index in [2.05, 4.69) is 44.4 Å². The molecule has 1 aliphatic rings. The average molecular weight is 254 g/mol. The molecule has 0 aromatic heterocycles. The van der Waals surface area contributed by atoms with Crippen molar-refractivity contribution in [3.8, 4) is 0 Å². The Morgan fingerprint density at radius 2 is 1.44 bits per heavy atom. The molecule has 0 N–H and O–H groups in total. The van der Waals surface area contributed by atoms with E-state index >= 15 is 0 Å². The zero-order chi connectivity index (χ0) is 14.3. The van der Waals surface area contributed by atoms with Crippen LogP contribution >= 0.6 is 0 Å². The number of carbonyl (C=O) groups is 1. The van der Waals surface area contributed by atoms with Gasteiger partial charge in [-0.05, 0) is 34.6 Å². The second kappa shape index (κ2) is 4.84. The highest BCUT2D eigenvalue weighted by Gasteiger charge is 2.39. The number of nitrogens with zero attached hydrogens (tertiary/aromatic N) is 2. The summed E-state index contributed by atoms with van der Waals surface area (Å²) < 4.78 is 0. The summed E-state index contributed by atoms with van der Waals surface area (Å²) in [6, 6.07) is 0.722. The Hall–Kier alpha value is -0.570. The SMILES string of the molecule is C[C@H]1CN(C(C)(C)C)[C@@H](C)CN1C(=O)C(C)(C)C. The van der Waals surface area contributed by atoms with E-state index in [4.69, 9.17) is 0 Å². The van der Waals surface area contributed by atoms with Gasteiger partial charge in [0.25, 0.3) is 0 Å². The molecular weight excluding hydrogens is 224 g/mol. The van der Waals surface area contributed by atoms with Gasteiger partial charge in [0.05, 0.1) is 0 Å². The first-order valence-electron chi connectivity index (χ1n) is 7.02. The molecule has 1 rings (SSSR count). The van der Waals surface area contributed by atoms with Crippen molar-refractivity contribution in [2.24, 2.45) is 5.41 Å². The molecule has 1 heterocycles. The molecule has 0 radical (unpaired) electrons. The van der Waals surface area contributed by atoms with Crippen molar-refractivity contribution < 1.29 is 4.79 Å². The second-order valence-corrected chi connectivity index (χ2v) is 7.73. The van der Waals surface area contributed by atoms with Crippen molar-refractivity contribution in [2.75, 3.05) is 13.1 Å². The monoisotopic (exact) mass is 254 g/mol. The van der Waals surface area contributed by atoms with Gasteiger partial charge in [-0.1, -0.05) is 20.8 Å². The Morgan fingerprint density at radius 1 is 0.944 bits per heavy atom. The van der Waals surface area contributed by atoms with Gasteiger partial charge in [0, 0.05) is 36.1 Å². The van der Waals surface area contributed by atoms with Crippen LogP contribution in [0.4, 0.5) is 0 Å². The molecule has 2 atom stereocenters. The number of piperazine rings is 1. The van der Waals surface area contributed by atoms with Crippen LogP contribution in [0.1, 0.15) is 55.4 Å². The normalized spacial score (nSPS) is 27.4. The smallest absolute Gasteiger partial charge is 0.228 e. The first kappa shape index (κ1) is 15.5. The number of hydrogen-bond donors (Lipinski definition) is 0. The summed E-state index contributed by atoms with van der Waals surface area (Å²) in [6.07, 6.45) is 0. The summed E-state index contributed by atoms with van der Waals surface area (Å²) >= 11 is 0. The van der Waals surface area contributed by atoms with Crippen LogP contribution in [0.25, 0.3) is 0 Å². The van der Waals surface area contributed by atoms with Gasteiger partial charge in [0.2, 0.25) is 5.91 Å². The first-order chi connectivity index (χ1) is 7.94. The fourth-order valence-electron chi connectivity index (χ4n) is 2.78. The number of rotatable bonds is 0. The molecule has 0 aromatic carbocycles.